The third-order valence-corrected chi connectivity index (χ3v) is 3.69. The molecule has 0 saturated carbocycles. The molecule has 0 heterocycles. The van der Waals surface area contributed by atoms with Crippen molar-refractivity contribution in [2.45, 2.75) is 25.5 Å². The van der Waals surface area contributed by atoms with E-state index in [2.05, 4.69) is 0 Å². The molecular formula is C17H19ClFNO. The van der Waals surface area contributed by atoms with Crippen LogP contribution in [0.25, 0.3) is 0 Å². The van der Waals surface area contributed by atoms with Crippen LogP contribution in [0.15, 0.2) is 48.5 Å². The Bertz CT molecular complexity index is 576. The predicted molar refractivity (Wildman–Crippen MR) is 83.9 cm³/mol. The molecule has 2 aromatic carbocycles. The predicted octanol–water partition coefficient (Wildman–Crippen LogP) is 4.13. The molecule has 4 heteroatoms. The summed E-state index contributed by atoms with van der Waals surface area (Å²) in [5, 5.41) is 0.397. The van der Waals surface area contributed by atoms with E-state index in [0.717, 1.165) is 11.1 Å². The summed E-state index contributed by atoms with van der Waals surface area (Å²) in [5.74, 6) is -0.346. The lowest BCUT2D eigenvalue weighted by molar-refractivity contribution is 0.0433. The van der Waals surface area contributed by atoms with Crippen LogP contribution in [-0.4, -0.2) is 12.6 Å². The highest BCUT2D eigenvalue weighted by atomic mass is 35.5. The fraction of sp³-hybridized carbons (Fsp3) is 0.294. The van der Waals surface area contributed by atoms with E-state index in [4.69, 9.17) is 22.1 Å². The Hall–Kier alpha value is -1.42. The smallest absolute Gasteiger partial charge is 0.124 e. The standard InChI is InChI=1S/C17H19ClFNO/c1-2-21-17(12-6-4-3-5-7-12)16(20)10-13-8-9-14(19)11-15(13)18/h3-9,11,16-17H,2,10,20H2,1H3. The Morgan fingerprint density at radius 2 is 1.90 bits per heavy atom. The average molecular weight is 308 g/mol. The van der Waals surface area contributed by atoms with Crippen molar-refractivity contribution >= 4 is 11.6 Å². The molecule has 0 aliphatic rings. The monoisotopic (exact) mass is 307 g/mol. The van der Waals surface area contributed by atoms with Gasteiger partial charge in [0.1, 0.15) is 5.82 Å². The summed E-state index contributed by atoms with van der Waals surface area (Å²) in [4.78, 5) is 0. The number of hydrogen-bond acceptors (Lipinski definition) is 2. The molecule has 0 spiro atoms. The maximum atomic E-state index is 13.1. The summed E-state index contributed by atoms with van der Waals surface area (Å²) in [5.41, 5.74) is 8.16. The summed E-state index contributed by atoms with van der Waals surface area (Å²) in [7, 11) is 0. The molecule has 2 rings (SSSR count). The van der Waals surface area contributed by atoms with E-state index in [1.54, 1.807) is 6.07 Å². The Morgan fingerprint density at radius 1 is 1.19 bits per heavy atom. The Labute approximate surface area is 129 Å². The van der Waals surface area contributed by atoms with Crippen LogP contribution in [0.3, 0.4) is 0 Å². The van der Waals surface area contributed by atoms with Crippen LogP contribution >= 0.6 is 11.6 Å². The fourth-order valence-corrected chi connectivity index (χ4v) is 2.58. The SMILES string of the molecule is CCOC(c1ccccc1)C(N)Cc1ccc(F)cc1Cl. The first-order chi connectivity index (χ1) is 10.1. The summed E-state index contributed by atoms with van der Waals surface area (Å²) in [6.45, 7) is 2.51. The first-order valence-corrected chi connectivity index (χ1v) is 7.35. The van der Waals surface area contributed by atoms with E-state index in [0.29, 0.717) is 18.1 Å². The van der Waals surface area contributed by atoms with Crippen molar-refractivity contribution in [2.75, 3.05) is 6.61 Å². The molecule has 0 aliphatic heterocycles. The molecule has 2 aromatic rings. The van der Waals surface area contributed by atoms with Crippen molar-refractivity contribution in [3.8, 4) is 0 Å². The van der Waals surface area contributed by atoms with E-state index in [1.165, 1.54) is 12.1 Å². The first-order valence-electron chi connectivity index (χ1n) is 6.98. The van der Waals surface area contributed by atoms with Crippen LogP contribution < -0.4 is 5.73 Å². The average Bonchev–Trinajstić information content (AvgIpc) is 2.48. The van der Waals surface area contributed by atoms with E-state index < -0.39 is 0 Å². The number of hydrogen-bond donors (Lipinski definition) is 1. The zero-order chi connectivity index (χ0) is 15.2. The van der Waals surface area contributed by atoms with Crippen molar-refractivity contribution in [1.29, 1.82) is 0 Å². The van der Waals surface area contributed by atoms with Crippen LogP contribution in [0.2, 0.25) is 5.02 Å². The van der Waals surface area contributed by atoms with Crippen molar-refractivity contribution < 1.29 is 9.13 Å². The van der Waals surface area contributed by atoms with Crippen molar-refractivity contribution in [3.05, 3.63) is 70.5 Å². The second-order valence-corrected chi connectivity index (χ2v) is 5.30. The molecule has 0 aromatic heterocycles. The molecule has 21 heavy (non-hydrogen) atoms. The third kappa shape index (κ3) is 4.27. The number of halogens is 2. The third-order valence-electron chi connectivity index (χ3n) is 3.33. The van der Waals surface area contributed by atoms with Gasteiger partial charge in [-0.3, -0.25) is 0 Å². The van der Waals surface area contributed by atoms with Gasteiger partial charge in [0.2, 0.25) is 0 Å². The molecule has 0 fully saturated rings. The second kappa shape index (κ2) is 7.55. The zero-order valence-corrected chi connectivity index (χ0v) is 12.7. The van der Waals surface area contributed by atoms with E-state index in [1.807, 2.05) is 37.3 Å². The van der Waals surface area contributed by atoms with Gasteiger partial charge in [-0.15, -0.1) is 0 Å². The molecule has 2 N–H and O–H groups in total. The van der Waals surface area contributed by atoms with Crippen LogP contribution in [0.1, 0.15) is 24.2 Å². The van der Waals surface area contributed by atoms with Crippen LogP contribution in [0.5, 0.6) is 0 Å². The fourth-order valence-electron chi connectivity index (χ4n) is 2.34. The molecule has 0 bridgehead atoms. The van der Waals surface area contributed by atoms with Crippen LogP contribution in [0, 0.1) is 5.82 Å². The van der Waals surface area contributed by atoms with Crippen LogP contribution in [0.4, 0.5) is 4.39 Å². The lowest BCUT2D eigenvalue weighted by Crippen LogP contribution is -2.32. The highest BCUT2D eigenvalue weighted by Gasteiger charge is 2.21. The van der Waals surface area contributed by atoms with Gasteiger partial charge in [0, 0.05) is 17.7 Å². The molecule has 0 aliphatic carbocycles. The van der Waals surface area contributed by atoms with Crippen molar-refractivity contribution in [1.82, 2.24) is 0 Å². The molecule has 2 nitrogen and oxygen atoms in total. The summed E-state index contributed by atoms with van der Waals surface area (Å²) in [6.07, 6.45) is 0.316. The first kappa shape index (κ1) is 16.0. The van der Waals surface area contributed by atoms with Gasteiger partial charge in [-0.05, 0) is 36.6 Å². The van der Waals surface area contributed by atoms with Gasteiger partial charge in [-0.1, -0.05) is 48.0 Å². The number of benzene rings is 2. The Balaban J connectivity index is 2.17. The van der Waals surface area contributed by atoms with E-state index in [-0.39, 0.29) is 18.0 Å². The maximum absolute atomic E-state index is 13.1. The Kier molecular flexibility index (Phi) is 5.74. The highest BCUT2D eigenvalue weighted by molar-refractivity contribution is 6.31. The lowest BCUT2D eigenvalue weighted by atomic mass is 9.96. The van der Waals surface area contributed by atoms with Gasteiger partial charge in [0.15, 0.2) is 0 Å². The van der Waals surface area contributed by atoms with E-state index in [9.17, 15) is 4.39 Å². The molecule has 0 amide bonds. The van der Waals surface area contributed by atoms with Crippen molar-refractivity contribution in [2.24, 2.45) is 5.73 Å². The number of nitrogens with two attached hydrogens (primary N) is 1. The Morgan fingerprint density at radius 3 is 2.52 bits per heavy atom. The highest BCUT2D eigenvalue weighted by Crippen LogP contribution is 2.25. The summed E-state index contributed by atoms with van der Waals surface area (Å²) >= 11 is 6.06. The lowest BCUT2D eigenvalue weighted by Gasteiger charge is -2.24. The molecule has 2 atom stereocenters. The van der Waals surface area contributed by atoms with Gasteiger partial charge in [0.25, 0.3) is 0 Å². The minimum absolute atomic E-state index is 0.211. The minimum Gasteiger partial charge on any atom is -0.372 e. The van der Waals surface area contributed by atoms with Gasteiger partial charge < -0.3 is 10.5 Å². The van der Waals surface area contributed by atoms with Crippen molar-refractivity contribution in [3.63, 3.8) is 0 Å². The topological polar surface area (TPSA) is 35.2 Å². The summed E-state index contributed by atoms with van der Waals surface area (Å²) < 4.78 is 18.9. The number of rotatable bonds is 6. The summed E-state index contributed by atoms with van der Waals surface area (Å²) in [6, 6.07) is 14.0. The van der Waals surface area contributed by atoms with E-state index >= 15 is 0 Å². The molecule has 0 saturated heterocycles. The maximum Gasteiger partial charge on any atom is 0.124 e. The van der Waals surface area contributed by atoms with Gasteiger partial charge in [-0.2, -0.15) is 0 Å². The molecular weight excluding hydrogens is 289 g/mol. The quantitative estimate of drug-likeness (QED) is 0.871. The van der Waals surface area contributed by atoms with Gasteiger partial charge in [0.05, 0.1) is 6.10 Å². The molecule has 2 unspecified atom stereocenters. The largest absolute Gasteiger partial charge is 0.372 e. The zero-order valence-electron chi connectivity index (χ0n) is 11.9. The minimum atomic E-state index is -0.346. The second-order valence-electron chi connectivity index (χ2n) is 4.89. The van der Waals surface area contributed by atoms with Gasteiger partial charge >= 0.3 is 0 Å². The normalized spacial score (nSPS) is 13.9. The molecule has 112 valence electrons. The van der Waals surface area contributed by atoms with Gasteiger partial charge in [-0.25, -0.2) is 4.39 Å². The number of ether oxygens (including phenoxy) is 1. The van der Waals surface area contributed by atoms with Crippen LogP contribution in [-0.2, 0) is 11.2 Å². The molecule has 0 radical (unpaired) electrons.